The molecule has 2 heterocycles. The fourth-order valence-corrected chi connectivity index (χ4v) is 3.72. The minimum absolute atomic E-state index is 0.0590. The van der Waals surface area contributed by atoms with Gasteiger partial charge in [-0.3, -0.25) is 14.1 Å². The molecule has 1 unspecified atom stereocenters. The van der Waals surface area contributed by atoms with E-state index >= 15 is 0 Å². The van der Waals surface area contributed by atoms with Crippen LogP contribution < -0.4 is 10.0 Å². The van der Waals surface area contributed by atoms with E-state index in [1.165, 1.54) is 6.20 Å². The number of rotatable bonds is 5. The van der Waals surface area contributed by atoms with Crippen molar-refractivity contribution in [3.05, 3.63) is 81.5 Å². The number of ketones is 1. The lowest BCUT2D eigenvalue weighted by atomic mass is 9.95. The van der Waals surface area contributed by atoms with E-state index in [4.69, 9.17) is 16.2 Å². The van der Waals surface area contributed by atoms with Crippen molar-refractivity contribution in [2.75, 3.05) is 16.6 Å². The second-order valence-corrected chi connectivity index (χ2v) is 7.62. The van der Waals surface area contributed by atoms with Crippen molar-refractivity contribution < 1.29 is 22.3 Å². The van der Waals surface area contributed by atoms with Gasteiger partial charge < -0.3 is 10.3 Å². The quantitative estimate of drug-likeness (QED) is 0.335. The van der Waals surface area contributed by atoms with Gasteiger partial charge in [0.25, 0.3) is 11.3 Å². The van der Waals surface area contributed by atoms with E-state index < -0.39 is 39.9 Å². The molecule has 154 valence electrons. The summed E-state index contributed by atoms with van der Waals surface area (Å²) < 4.78 is 50.8. The zero-order chi connectivity index (χ0) is 21.4. The van der Waals surface area contributed by atoms with Gasteiger partial charge in [-0.2, -0.15) is 0 Å². The molecule has 0 saturated heterocycles. The Bertz CT molecular complexity index is 1210. The number of carbonyl (C=O) groups is 1. The molecule has 1 atom stereocenters. The first-order chi connectivity index (χ1) is 14.3. The Morgan fingerprint density at radius 1 is 1.17 bits per heavy atom. The van der Waals surface area contributed by atoms with Crippen molar-refractivity contribution in [2.45, 2.75) is 0 Å². The number of anilines is 2. The molecule has 1 aliphatic heterocycles. The van der Waals surface area contributed by atoms with Gasteiger partial charge in [-0.25, -0.2) is 13.0 Å². The van der Waals surface area contributed by atoms with Gasteiger partial charge in [0.1, 0.15) is 11.6 Å². The topological polar surface area (TPSA) is 94.2 Å². The number of halogens is 3. The summed E-state index contributed by atoms with van der Waals surface area (Å²) in [6.45, 7) is 0.479. The smallest absolute Gasteiger partial charge is 0.259 e. The average Bonchev–Trinajstić information content (AvgIpc) is 3.14. The molecule has 1 aromatic heterocycles. The average molecular weight is 450 g/mol. The second-order valence-electron chi connectivity index (χ2n) is 6.49. The van der Waals surface area contributed by atoms with Gasteiger partial charge in [-0.1, -0.05) is 23.7 Å². The molecular formula is C20H14ClF2N3O3S. The molecule has 3 aromatic rings. The van der Waals surface area contributed by atoms with Crippen LogP contribution in [0.15, 0.2) is 42.6 Å². The highest BCUT2D eigenvalue weighted by molar-refractivity contribution is 7.80. The molecule has 0 radical (unpaired) electrons. The molecule has 10 heteroatoms. The third-order valence-electron chi connectivity index (χ3n) is 4.67. The molecule has 0 aliphatic carbocycles. The zero-order valence-electron chi connectivity index (χ0n) is 15.1. The predicted molar refractivity (Wildman–Crippen MR) is 113 cm³/mol. The molecule has 4 N–H and O–H groups in total. The molecule has 0 bridgehead atoms. The van der Waals surface area contributed by atoms with Crippen LogP contribution in [0.3, 0.4) is 0 Å². The van der Waals surface area contributed by atoms with Crippen LogP contribution in [0.2, 0.25) is 5.02 Å². The lowest BCUT2D eigenvalue weighted by molar-refractivity contribution is 0.103. The van der Waals surface area contributed by atoms with Crippen LogP contribution in [0.4, 0.5) is 20.3 Å². The fraction of sp³-hybridized carbons (Fsp3) is 0.0500. The summed E-state index contributed by atoms with van der Waals surface area (Å²) in [4.78, 5) is 15.9. The highest BCUT2D eigenvalue weighted by Crippen LogP contribution is 2.33. The van der Waals surface area contributed by atoms with Gasteiger partial charge in [0.2, 0.25) is 5.78 Å². The Morgan fingerprint density at radius 2 is 1.90 bits per heavy atom. The number of benzene rings is 2. The van der Waals surface area contributed by atoms with Crippen molar-refractivity contribution in [3.8, 4) is 0 Å². The molecule has 2 aromatic carbocycles. The largest absolute Gasteiger partial charge is 0.367 e. The summed E-state index contributed by atoms with van der Waals surface area (Å²) in [7, 11) is 0. The third-order valence-corrected chi connectivity index (χ3v) is 5.32. The SMILES string of the molecule is O=C(c1c[nH]c2c1C=C(c1ccc(Cl)cc1)CN2)c1c(F)ccc(NS(=O)O)c1F. The van der Waals surface area contributed by atoms with Crippen molar-refractivity contribution >= 4 is 51.8 Å². The number of hydrogen-bond donors (Lipinski definition) is 4. The van der Waals surface area contributed by atoms with Gasteiger partial charge >= 0.3 is 0 Å². The lowest BCUT2D eigenvalue weighted by Gasteiger charge is -2.17. The summed E-state index contributed by atoms with van der Waals surface area (Å²) in [5.41, 5.74) is 0.980. The second kappa shape index (κ2) is 8.02. The highest BCUT2D eigenvalue weighted by Gasteiger charge is 2.27. The summed E-state index contributed by atoms with van der Waals surface area (Å²) in [6.07, 6.45) is 3.13. The van der Waals surface area contributed by atoms with E-state index in [1.807, 2.05) is 16.9 Å². The number of H-pyrrole nitrogens is 1. The van der Waals surface area contributed by atoms with Crippen molar-refractivity contribution in [1.29, 1.82) is 0 Å². The molecular weight excluding hydrogens is 436 g/mol. The van der Waals surface area contributed by atoms with Crippen LogP contribution in [0.1, 0.15) is 27.0 Å². The third kappa shape index (κ3) is 3.74. The molecule has 0 amide bonds. The normalized spacial score (nSPS) is 13.8. The number of aromatic amines is 1. The maximum Gasteiger partial charge on any atom is 0.259 e. The first kappa shape index (κ1) is 20.3. The first-order valence-corrected chi connectivity index (χ1v) is 10.2. The van der Waals surface area contributed by atoms with E-state index in [2.05, 4.69) is 10.3 Å². The Hall–Kier alpha value is -3.01. The van der Waals surface area contributed by atoms with Crippen LogP contribution in [0.25, 0.3) is 11.6 Å². The number of nitrogens with one attached hydrogen (secondary N) is 3. The Morgan fingerprint density at radius 3 is 2.60 bits per heavy atom. The molecule has 30 heavy (non-hydrogen) atoms. The van der Waals surface area contributed by atoms with Gasteiger partial charge in [0, 0.05) is 28.9 Å². The molecule has 6 nitrogen and oxygen atoms in total. The first-order valence-electron chi connectivity index (χ1n) is 8.67. The highest BCUT2D eigenvalue weighted by atomic mass is 35.5. The predicted octanol–water partition coefficient (Wildman–Crippen LogP) is 4.69. The van der Waals surface area contributed by atoms with Crippen LogP contribution in [-0.4, -0.2) is 26.1 Å². The summed E-state index contributed by atoms with van der Waals surface area (Å²) in [5, 5.41) is 3.72. The molecule has 0 saturated carbocycles. The molecule has 4 rings (SSSR count). The number of hydrogen-bond acceptors (Lipinski definition) is 3. The minimum Gasteiger partial charge on any atom is -0.367 e. The number of fused-ring (bicyclic) bond motifs is 1. The maximum atomic E-state index is 14.7. The van der Waals surface area contributed by atoms with E-state index in [9.17, 15) is 17.8 Å². The van der Waals surface area contributed by atoms with Crippen LogP contribution in [0, 0.1) is 11.6 Å². The van der Waals surface area contributed by atoms with E-state index in [-0.39, 0.29) is 5.56 Å². The van der Waals surface area contributed by atoms with E-state index in [0.717, 1.165) is 23.3 Å². The van der Waals surface area contributed by atoms with Gasteiger partial charge in [0.05, 0.1) is 11.3 Å². The lowest BCUT2D eigenvalue weighted by Crippen LogP contribution is -2.14. The summed E-state index contributed by atoms with van der Waals surface area (Å²) in [6, 6.07) is 8.95. The summed E-state index contributed by atoms with van der Waals surface area (Å²) >= 11 is 3.35. The monoisotopic (exact) mass is 449 g/mol. The molecule has 0 fully saturated rings. The number of aromatic nitrogens is 1. The van der Waals surface area contributed by atoms with Crippen molar-refractivity contribution in [1.82, 2.24) is 4.98 Å². The standard InChI is InChI=1S/C20H14ClF2N3O3S/c21-12-3-1-10(2-4-12)11-7-13-14(9-25-20(13)24-8-11)19(27)17-15(22)5-6-16(18(17)23)26-30(28)29/h1-7,9,24-26H,8H2,(H,28,29). The maximum absolute atomic E-state index is 14.7. The fourth-order valence-electron chi connectivity index (χ4n) is 3.24. The Labute approximate surface area is 177 Å². The van der Waals surface area contributed by atoms with E-state index in [0.29, 0.717) is 22.9 Å². The van der Waals surface area contributed by atoms with Crippen molar-refractivity contribution in [2.24, 2.45) is 0 Å². The number of carbonyl (C=O) groups excluding carboxylic acids is 1. The van der Waals surface area contributed by atoms with E-state index in [1.54, 1.807) is 18.2 Å². The van der Waals surface area contributed by atoms with Crippen LogP contribution >= 0.6 is 11.6 Å². The van der Waals surface area contributed by atoms with Gasteiger partial charge in [0.15, 0.2) is 5.82 Å². The zero-order valence-corrected chi connectivity index (χ0v) is 16.7. The summed E-state index contributed by atoms with van der Waals surface area (Å²) in [5.74, 6) is -2.68. The Balaban J connectivity index is 1.76. The molecule has 0 spiro atoms. The van der Waals surface area contributed by atoms with Crippen LogP contribution in [-0.2, 0) is 11.3 Å². The van der Waals surface area contributed by atoms with Crippen LogP contribution in [0.5, 0.6) is 0 Å². The Kier molecular flexibility index (Phi) is 5.42. The van der Waals surface area contributed by atoms with Gasteiger partial charge in [-0.05, 0) is 41.5 Å². The van der Waals surface area contributed by atoms with Crippen molar-refractivity contribution in [3.63, 3.8) is 0 Å². The molecule has 1 aliphatic rings. The van der Waals surface area contributed by atoms with Gasteiger partial charge in [-0.15, -0.1) is 0 Å². The minimum atomic E-state index is -2.58.